The summed E-state index contributed by atoms with van der Waals surface area (Å²) < 4.78 is 30.0. The molecule has 28 heavy (non-hydrogen) atoms. The predicted octanol–water partition coefficient (Wildman–Crippen LogP) is 3.22. The zero-order valence-corrected chi connectivity index (χ0v) is 17.7. The first-order valence-corrected chi connectivity index (χ1v) is 11.7. The number of hydrogen-bond acceptors (Lipinski definition) is 8. The highest BCUT2D eigenvalue weighted by atomic mass is 32.2. The van der Waals surface area contributed by atoms with Crippen molar-refractivity contribution in [2.24, 2.45) is 5.92 Å². The van der Waals surface area contributed by atoms with Crippen molar-refractivity contribution in [3.05, 3.63) is 35.9 Å². The third-order valence-electron chi connectivity index (χ3n) is 5.17. The number of rotatable bonds is 4. The van der Waals surface area contributed by atoms with Gasteiger partial charge in [-0.25, -0.2) is 0 Å². The highest BCUT2D eigenvalue weighted by Crippen LogP contribution is 2.47. The van der Waals surface area contributed by atoms with Crippen molar-refractivity contribution in [3.63, 3.8) is 0 Å². The minimum absolute atomic E-state index is 0.0435. The number of benzene rings is 1. The smallest absolute Gasteiger partial charge is 0.303 e. The maximum atomic E-state index is 11.8. The molecule has 1 aromatic rings. The van der Waals surface area contributed by atoms with E-state index in [0.29, 0.717) is 6.61 Å². The van der Waals surface area contributed by atoms with E-state index >= 15 is 0 Å². The molecule has 0 saturated carbocycles. The second-order valence-electron chi connectivity index (χ2n) is 7.07. The molecule has 0 bridgehead atoms. The summed E-state index contributed by atoms with van der Waals surface area (Å²) in [6.45, 7) is 1.84. The van der Waals surface area contributed by atoms with Gasteiger partial charge in [0.15, 0.2) is 18.7 Å². The minimum Gasteiger partial charge on any atom is -0.457 e. The lowest BCUT2D eigenvalue weighted by atomic mass is 9.89. The van der Waals surface area contributed by atoms with Gasteiger partial charge in [-0.05, 0) is 17.9 Å². The van der Waals surface area contributed by atoms with Gasteiger partial charge in [-0.3, -0.25) is 4.79 Å². The first-order valence-electron chi connectivity index (χ1n) is 9.58. The van der Waals surface area contributed by atoms with Crippen LogP contribution >= 0.6 is 23.5 Å². The van der Waals surface area contributed by atoms with Crippen LogP contribution in [0, 0.1) is 5.92 Å². The van der Waals surface area contributed by atoms with Gasteiger partial charge < -0.3 is 23.7 Å². The number of esters is 1. The van der Waals surface area contributed by atoms with E-state index in [4.69, 9.17) is 23.7 Å². The fraction of sp³-hybridized carbons (Fsp3) is 0.650. The van der Waals surface area contributed by atoms with Crippen LogP contribution in [-0.2, 0) is 28.5 Å². The van der Waals surface area contributed by atoms with Crippen LogP contribution in [0.5, 0.6) is 0 Å². The second-order valence-corrected chi connectivity index (χ2v) is 9.87. The third kappa shape index (κ3) is 4.37. The molecule has 4 rings (SSSR count). The molecule has 3 aliphatic rings. The Morgan fingerprint density at radius 3 is 2.57 bits per heavy atom. The van der Waals surface area contributed by atoms with Crippen molar-refractivity contribution in [2.45, 2.75) is 48.8 Å². The number of ether oxygens (including phenoxy) is 5. The van der Waals surface area contributed by atoms with Crippen LogP contribution in [0.15, 0.2) is 30.3 Å². The van der Waals surface area contributed by atoms with Crippen LogP contribution in [0.3, 0.4) is 0 Å². The lowest BCUT2D eigenvalue weighted by molar-refractivity contribution is -0.349. The van der Waals surface area contributed by atoms with Crippen molar-refractivity contribution >= 4 is 29.5 Å². The summed E-state index contributed by atoms with van der Waals surface area (Å²) in [6, 6.07) is 9.90. The fourth-order valence-electron chi connectivity index (χ4n) is 3.96. The Bertz CT molecular complexity index is 653. The first kappa shape index (κ1) is 20.5. The lowest BCUT2D eigenvalue weighted by Gasteiger charge is -2.51. The monoisotopic (exact) mass is 426 g/mol. The van der Waals surface area contributed by atoms with Crippen LogP contribution in [0.1, 0.15) is 25.2 Å². The van der Waals surface area contributed by atoms with Crippen molar-refractivity contribution in [2.75, 3.05) is 25.2 Å². The highest BCUT2D eigenvalue weighted by molar-refractivity contribution is 8.17. The van der Waals surface area contributed by atoms with Crippen molar-refractivity contribution < 1.29 is 28.5 Å². The topological polar surface area (TPSA) is 63.2 Å². The average molecular weight is 427 g/mol. The zero-order valence-electron chi connectivity index (χ0n) is 16.0. The molecule has 8 heteroatoms. The quantitative estimate of drug-likeness (QED) is 0.680. The summed E-state index contributed by atoms with van der Waals surface area (Å²) in [5, 5.41) is 0. The van der Waals surface area contributed by atoms with Gasteiger partial charge in [0.25, 0.3) is 0 Å². The molecule has 3 saturated heterocycles. The van der Waals surface area contributed by atoms with E-state index in [0.717, 1.165) is 17.1 Å². The lowest BCUT2D eigenvalue weighted by Crippen LogP contribution is -2.62. The van der Waals surface area contributed by atoms with Gasteiger partial charge >= 0.3 is 5.97 Å². The minimum atomic E-state index is -0.626. The van der Waals surface area contributed by atoms with E-state index in [1.807, 2.05) is 53.9 Å². The standard InChI is InChI=1S/C20H26O6S2/c1-12(21)24-17-15(20-27-9-6-10-28-20)16-14(25-19(17)22-2)11-23-18(26-16)13-7-4-3-5-8-13/h3-5,7-8,14-20H,6,9-11H2,1-2H3/t14-,15-,16-,17+,18-,19+/m1/s1. The van der Waals surface area contributed by atoms with Gasteiger partial charge in [0, 0.05) is 19.6 Å². The Kier molecular flexibility index (Phi) is 6.85. The number of thioether (sulfide) groups is 2. The van der Waals surface area contributed by atoms with Crippen LogP contribution in [0.2, 0.25) is 0 Å². The van der Waals surface area contributed by atoms with Crippen LogP contribution < -0.4 is 0 Å². The van der Waals surface area contributed by atoms with Gasteiger partial charge in [-0.15, -0.1) is 23.5 Å². The molecular formula is C20H26O6S2. The number of fused-ring (bicyclic) bond motifs is 1. The summed E-state index contributed by atoms with van der Waals surface area (Å²) in [4.78, 5) is 11.8. The number of methoxy groups -OCH3 is 1. The Morgan fingerprint density at radius 2 is 1.89 bits per heavy atom. The van der Waals surface area contributed by atoms with Gasteiger partial charge in [0.2, 0.25) is 0 Å². The molecule has 3 aliphatic heterocycles. The number of carbonyl (C=O) groups excluding carboxylic acids is 1. The molecule has 3 heterocycles. The highest BCUT2D eigenvalue weighted by Gasteiger charge is 2.54. The normalized spacial score (nSPS) is 36.5. The van der Waals surface area contributed by atoms with Crippen molar-refractivity contribution in [1.29, 1.82) is 0 Å². The summed E-state index contributed by atoms with van der Waals surface area (Å²) in [7, 11) is 1.58. The maximum absolute atomic E-state index is 11.8. The maximum Gasteiger partial charge on any atom is 0.303 e. The summed E-state index contributed by atoms with van der Waals surface area (Å²) in [5.41, 5.74) is 0.974. The van der Waals surface area contributed by atoms with Crippen LogP contribution in [-0.4, -0.2) is 60.4 Å². The number of hydrogen-bond donors (Lipinski definition) is 0. The molecule has 3 fully saturated rings. The SMILES string of the molecule is CO[C@H]1O[C@@H]2CO[C@@H](c3ccccc3)O[C@H]2[C@@H](C2SCCCS2)[C@@H]1OC(C)=O. The van der Waals surface area contributed by atoms with Crippen LogP contribution in [0.25, 0.3) is 0 Å². The van der Waals surface area contributed by atoms with Crippen molar-refractivity contribution in [3.8, 4) is 0 Å². The Morgan fingerprint density at radius 1 is 1.14 bits per heavy atom. The van der Waals surface area contributed by atoms with E-state index in [9.17, 15) is 4.79 Å². The zero-order chi connectivity index (χ0) is 19.5. The molecule has 1 aromatic carbocycles. The molecule has 0 amide bonds. The summed E-state index contributed by atoms with van der Waals surface area (Å²) in [6.07, 6.45) is -0.905. The summed E-state index contributed by atoms with van der Waals surface area (Å²) in [5.74, 6) is 1.81. The van der Waals surface area contributed by atoms with Gasteiger partial charge in [0.1, 0.15) is 6.10 Å². The average Bonchev–Trinajstić information content (AvgIpc) is 2.73. The van der Waals surface area contributed by atoms with E-state index in [-0.39, 0.29) is 28.7 Å². The molecule has 0 spiro atoms. The first-order chi connectivity index (χ1) is 13.7. The molecule has 6 nitrogen and oxygen atoms in total. The van der Waals surface area contributed by atoms with E-state index < -0.39 is 18.7 Å². The van der Waals surface area contributed by atoms with E-state index in [2.05, 4.69) is 0 Å². The Hall–Kier alpha value is -0.770. The fourth-order valence-corrected chi connectivity index (χ4v) is 7.25. The molecule has 0 radical (unpaired) electrons. The Labute approximate surface area is 173 Å². The summed E-state index contributed by atoms with van der Waals surface area (Å²) >= 11 is 3.81. The van der Waals surface area contributed by atoms with Crippen molar-refractivity contribution in [1.82, 2.24) is 0 Å². The second kappa shape index (κ2) is 9.36. The molecule has 0 unspecified atom stereocenters. The Balaban J connectivity index is 1.62. The van der Waals surface area contributed by atoms with E-state index in [1.54, 1.807) is 7.11 Å². The van der Waals surface area contributed by atoms with Gasteiger partial charge in [-0.1, -0.05) is 30.3 Å². The molecular weight excluding hydrogens is 400 g/mol. The molecule has 0 aromatic heterocycles. The molecule has 0 aliphatic carbocycles. The molecule has 154 valence electrons. The predicted molar refractivity (Wildman–Crippen MR) is 108 cm³/mol. The molecule has 6 atom stereocenters. The van der Waals surface area contributed by atoms with Gasteiger partial charge in [-0.2, -0.15) is 0 Å². The van der Waals surface area contributed by atoms with Gasteiger partial charge in [0.05, 0.1) is 23.2 Å². The molecule has 0 N–H and O–H groups in total. The van der Waals surface area contributed by atoms with Crippen LogP contribution in [0.4, 0.5) is 0 Å². The third-order valence-corrected chi connectivity index (χ3v) is 8.32. The van der Waals surface area contributed by atoms with E-state index in [1.165, 1.54) is 13.3 Å². The largest absolute Gasteiger partial charge is 0.457 e. The number of carbonyl (C=O) groups is 1.